The van der Waals surface area contributed by atoms with Crippen molar-refractivity contribution >= 4 is 11.8 Å². The normalized spacial score (nSPS) is 12.8. The van der Waals surface area contributed by atoms with E-state index in [-0.39, 0.29) is 46.5 Å². The van der Waals surface area contributed by atoms with E-state index in [0.29, 0.717) is 5.25 Å². The molecular formula is C8H11Cl2STi. The molecule has 0 spiro atoms. The van der Waals surface area contributed by atoms with Gasteiger partial charge in [0.1, 0.15) is 0 Å². The quantitative estimate of drug-likeness (QED) is 0.371. The average Bonchev–Trinajstić information content (AvgIpc) is 2.15. The first kappa shape index (κ1) is 18.8. The number of hydrogen-bond acceptors (Lipinski definition) is 1. The van der Waals surface area contributed by atoms with Crippen LogP contribution in [0.4, 0.5) is 0 Å². The zero-order valence-corrected chi connectivity index (χ0v) is 11.0. The second-order valence-corrected chi connectivity index (χ2v) is 3.93. The first-order valence-corrected chi connectivity index (χ1v) is 4.11. The Morgan fingerprint density at radius 2 is 2.00 bits per heavy atom. The van der Waals surface area contributed by atoms with E-state index in [2.05, 4.69) is 32.1 Å². The molecule has 4 heteroatoms. The Morgan fingerprint density at radius 3 is 2.33 bits per heavy atom. The molecule has 1 radical (unpaired) electrons. The molecule has 0 aromatic rings. The summed E-state index contributed by atoms with van der Waals surface area (Å²) in [4.78, 5) is 1.31. The van der Waals surface area contributed by atoms with Crippen LogP contribution in [0.5, 0.6) is 0 Å². The Bertz CT molecular complexity index is 155. The van der Waals surface area contributed by atoms with Crippen LogP contribution < -0.4 is 24.8 Å². The summed E-state index contributed by atoms with van der Waals surface area (Å²) in [6.07, 6.45) is 8.55. The van der Waals surface area contributed by atoms with Gasteiger partial charge in [-0.3, -0.25) is 6.08 Å². The maximum Gasteiger partial charge on any atom is 3.00 e. The van der Waals surface area contributed by atoms with Crippen LogP contribution in [0.25, 0.3) is 0 Å². The van der Waals surface area contributed by atoms with Crippen molar-refractivity contribution in [2.45, 2.75) is 25.5 Å². The van der Waals surface area contributed by atoms with Crippen molar-refractivity contribution in [1.82, 2.24) is 0 Å². The van der Waals surface area contributed by atoms with Crippen LogP contribution in [0.2, 0.25) is 0 Å². The Balaban J connectivity index is -0.000000270. The number of halogens is 2. The van der Waals surface area contributed by atoms with Gasteiger partial charge in [0.15, 0.2) is 0 Å². The van der Waals surface area contributed by atoms with Gasteiger partial charge in [-0.15, -0.1) is 6.42 Å². The van der Waals surface area contributed by atoms with Crippen molar-refractivity contribution < 1.29 is 46.5 Å². The predicted molar refractivity (Wildman–Crippen MR) is 43.2 cm³/mol. The van der Waals surface area contributed by atoms with Crippen molar-refractivity contribution in [3.05, 3.63) is 23.1 Å². The Kier molecular flexibility index (Phi) is 16.0. The van der Waals surface area contributed by atoms with Gasteiger partial charge in [0, 0.05) is 5.25 Å². The molecule has 1 aliphatic carbocycles. The van der Waals surface area contributed by atoms with E-state index in [1.54, 1.807) is 0 Å². The van der Waals surface area contributed by atoms with Crippen LogP contribution >= 0.6 is 11.8 Å². The maximum absolute atomic E-state index is 3.26. The minimum atomic E-state index is 0. The molecule has 67 valence electrons. The molecule has 0 fully saturated rings. The second-order valence-electron chi connectivity index (χ2n) is 2.31. The number of rotatable bonds is 2. The van der Waals surface area contributed by atoms with Crippen molar-refractivity contribution in [3.8, 4) is 0 Å². The number of thioether (sulfide) groups is 1. The van der Waals surface area contributed by atoms with Gasteiger partial charge in [-0.25, -0.2) is 6.08 Å². The summed E-state index contributed by atoms with van der Waals surface area (Å²) in [5.74, 6) is 0. The molecule has 1 rings (SSSR count). The summed E-state index contributed by atoms with van der Waals surface area (Å²) < 4.78 is 0. The third-order valence-corrected chi connectivity index (χ3v) is 2.03. The first-order valence-electron chi connectivity index (χ1n) is 3.23. The molecule has 0 heterocycles. The molecule has 0 saturated heterocycles. The van der Waals surface area contributed by atoms with Crippen molar-refractivity contribution in [3.63, 3.8) is 0 Å². The van der Waals surface area contributed by atoms with E-state index in [1.807, 2.05) is 11.8 Å². The van der Waals surface area contributed by atoms with Crippen LogP contribution in [0.15, 0.2) is 17.1 Å². The minimum absolute atomic E-state index is 0. The second kappa shape index (κ2) is 10.2. The van der Waals surface area contributed by atoms with Crippen LogP contribution in [0.1, 0.15) is 20.3 Å². The molecule has 0 aromatic carbocycles. The summed E-state index contributed by atoms with van der Waals surface area (Å²) in [6, 6.07) is 0. The average molecular weight is 258 g/mol. The third kappa shape index (κ3) is 7.76. The molecule has 0 saturated carbocycles. The van der Waals surface area contributed by atoms with Gasteiger partial charge in [-0.1, -0.05) is 13.8 Å². The maximum atomic E-state index is 3.26. The topological polar surface area (TPSA) is 0 Å². The largest absolute Gasteiger partial charge is 3.00 e. The van der Waals surface area contributed by atoms with Crippen molar-refractivity contribution in [2.24, 2.45) is 0 Å². The SMILES string of the molecule is CC(C)SC1=[C-]CC=C1.[Cl-].[Cl-].[Ti+3]. The smallest absolute Gasteiger partial charge is 1.00 e. The van der Waals surface area contributed by atoms with Gasteiger partial charge in [-0.05, 0) is 0 Å². The summed E-state index contributed by atoms with van der Waals surface area (Å²) in [5, 5.41) is 0.690. The third-order valence-electron chi connectivity index (χ3n) is 1.03. The number of hydrogen-bond donors (Lipinski definition) is 0. The molecule has 1 aliphatic rings. The molecule has 0 aromatic heterocycles. The fraction of sp³-hybridized carbons (Fsp3) is 0.500. The fourth-order valence-electron chi connectivity index (χ4n) is 0.719. The summed E-state index contributed by atoms with van der Waals surface area (Å²) in [7, 11) is 0. The van der Waals surface area contributed by atoms with E-state index in [4.69, 9.17) is 0 Å². The van der Waals surface area contributed by atoms with Crippen LogP contribution in [0.3, 0.4) is 0 Å². The van der Waals surface area contributed by atoms with E-state index < -0.39 is 0 Å². The van der Waals surface area contributed by atoms with Crippen LogP contribution in [-0.2, 0) is 21.7 Å². The zero-order chi connectivity index (χ0) is 6.69. The zero-order valence-electron chi connectivity index (χ0n) is 7.10. The van der Waals surface area contributed by atoms with Gasteiger partial charge in [0.05, 0.1) is 0 Å². The van der Waals surface area contributed by atoms with Gasteiger partial charge in [-0.2, -0.15) is 22.7 Å². The van der Waals surface area contributed by atoms with E-state index >= 15 is 0 Å². The monoisotopic (exact) mass is 257 g/mol. The predicted octanol–water partition coefficient (Wildman–Crippen LogP) is -3.22. The summed E-state index contributed by atoms with van der Waals surface area (Å²) in [5.41, 5.74) is 0. The molecular weight excluding hydrogens is 247 g/mol. The number of allylic oxidation sites excluding steroid dienone is 3. The molecule has 12 heavy (non-hydrogen) atoms. The van der Waals surface area contributed by atoms with Crippen molar-refractivity contribution in [1.29, 1.82) is 0 Å². The Morgan fingerprint density at radius 1 is 1.42 bits per heavy atom. The molecule has 0 N–H and O–H groups in total. The molecule has 0 aliphatic heterocycles. The molecule has 0 unspecified atom stereocenters. The minimum Gasteiger partial charge on any atom is -1.00 e. The first-order chi connectivity index (χ1) is 4.29. The van der Waals surface area contributed by atoms with Crippen LogP contribution in [-0.4, -0.2) is 5.25 Å². The van der Waals surface area contributed by atoms with Gasteiger partial charge in [0.25, 0.3) is 0 Å². The molecule has 0 bridgehead atoms. The Labute approximate surface area is 106 Å². The summed E-state index contributed by atoms with van der Waals surface area (Å²) in [6.45, 7) is 4.40. The van der Waals surface area contributed by atoms with Crippen molar-refractivity contribution in [2.75, 3.05) is 0 Å². The van der Waals surface area contributed by atoms with Gasteiger partial charge in [0.2, 0.25) is 0 Å². The standard InChI is InChI=1S/C8H11S.2ClH.Ti/c1-7(2)9-8-5-3-4-6-8;;;/h3,5,7H,4H2,1-2H3;2*1H;/q-1;;;+3/p-2. The van der Waals surface area contributed by atoms with Crippen LogP contribution in [0, 0.1) is 6.08 Å². The molecule has 0 nitrogen and oxygen atoms in total. The van der Waals surface area contributed by atoms with Gasteiger partial charge < -0.3 is 24.8 Å². The molecule has 0 amide bonds. The summed E-state index contributed by atoms with van der Waals surface area (Å²) >= 11 is 1.88. The van der Waals surface area contributed by atoms with E-state index in [0.717, 1.165) is 6.42 Å². The molecule has 0 atom stereocenters. The fourth-order valence-corrected chi connectivity index (χ4v) is 1.57. The van der Waals surface area contributed by atoms with E-state index in [1.165, 1.54) is 4.91 Å². The Hall–Kier alpha value is 1.12. The van der Waals surface area contributed by atoms with E-state index in [9.17, 15) is 0 Å². The van der Waals surface area contributed by atoms with Gasteiger partial charge >= 0.3 is 21.7 Å².